The van der Waals surface area contributed by atoms with Gasteiger partial charge in [0.2, 0.25) is 5.91 Å². The number of nitrogens with zero attached hydrogens (tertiary/aromatic N) is 2. The van der Waals surface area contributed by atoms with E-state index in [1.807, 2.05) is 13.8 Å². The molecular weight excluding hydrogens is 280 g/mol. The molecule has 1 aliphatic rings. The van der Waals surface area contributed by atoms with E-state index in [1.165, 1.54) is 0 Å². The Morgan fingerprint density at radius 2 is 2.18 bits per heavy atom. The Morgan fingerprint density at radius 3 is 2.82 bits per heavy atom. The predicted molar refractivity (Wildman–Crippen MR) is 84.7 cm³/mol. The first-order valence-corrected chi connectivity index (χ1v) is 7.28. The van der Waals surface area contributed by atoms with Gasteiger partial charge in [0.05, 0.1) is 11.4 Å². The van der Waals surface area contributed by atoms with Gasteiger partial charge in [0.25, 0.3) is 5.91 Å². The first-order valence-electron chi connectivity index (χ1n) is 7.28. The van der Waals surface area contributed by atoms with Crippen LogP contribution in [0.2, 0.25) is 0 Å². The number of hydrogen-bond acceptors (Lipinski definition) is 4. The molecule has 0 fully saturated rings. The lowest BCUT2D eigenvalue weighted by atomic mass is 10.1. The Labute approximate surface area is 129 Å². The quantitative estimate of drug-likeness (QED) is 0.846. The fourth-order valence-electron chi connectivity index (χ4n) is 2.29. The van der Waals surface area contributed by atoms with Gasteiger partial charge in [-0.2, -0.15) is 0 Å². The van der Waals surface area contributed by atoms with E-state index in [4.69, 9.17) is 5.73 Å². The molecule has 0 saturated carbocycles. The van der Waals surface area contributed by atoms with Crippen LogP contribution in [0.5, 0.6) is 0 Å². The second-order valence-corrected chi connectivity index (χ2v) is 4.88. The molecule has 3 N–H and O–H groups in total. The molecule has 0 saturated heterocycles. The number of nitrogens with two attached hydrogens (primary N) is 1. The zero-order chi connectivity index (χ0) is 16.1. The van der Waals surface area contributed by atoms with E-state index >= 15 is 0 Å². The van der Waals surface area contributed by atoms with Gasteiger partial charge in [-0.15, -0.1) is 0 Å². The number of amides is 2. The average molecular weight is 300 g/mol. The third-order valence-electron chi connectivity index (χ3n) is 3.45. The SMILES string of the molecule is CCNC(=O)c1ccnc(C2=CC(C(N)=O)=CCN2CC)c1. The minimum Gasteiger partial charge on any atom is -0.366 e. The summed E-state index contributed by atoms with van der Waals surface area (Å²) in [5, 5.41) is 2.76. The van der Waals surface area contributed by atoms with Crippen molar-refractivity contribution in [1.82, 2.24) is 15.2 Å². The standard InChI is InChI=1S/C16H20N4O2/c1-3-18-16(22)12-5-7-19-13(9-12)14-10-11(15(17)21)6-8-20(14)4-2/h5-7,9-10H,3-4,8H2,1-2H3,(H2,17,21)(H,18,22). The molecule has 116 valence electrons. The molecule has 0 spiro atoms. The summed E-state index contributed by atoms with van der Waals surface area (Å²) in [4.78, 5) is 29.7. The van der Waals surface area contributed by atoms with E-state index in [9.17, 15) is 9.59 Å². The molecule has 22 heavy (non-hydrogen) atoms. The largest absolute Gasteiger partial charge is 0.366 e. The summed E-state index contributed by atoms with van der Waals surface area (Å²) in [6.45, 7) is 5.81. The number of carbonyl (C=O) groups excluding carboxylic acids is 2. The maximum atomic E-state index is 11.9. The fraction of sp³-hybridized carbons (Fsp3) is 0.312. The van der Waals surface area contributed by atoms with Gasteiger partial charge in [-0.05, 0) is 32.1 Å². The van der Waals surface area contributed by atoms with Crippen molar-refractivity contribution in [3.63, 3.8) is 0 Å². The van der Waals surface area contributed by atoms with Crippen molar-refractivity contribution in [3.05, 3.63) is 47.3 Å². The molecule has 6 nitrogen and oxygen atoms in total. The van der Waals surface area contributed by atoms with E-state index < -0.39 is 5.91 Å². The molecule has 6 heteroatoms. The number of aromatic nitrogens is 1. The van der Waals surface area contributed by atoms with E-state index in [0.717, 1.165) is 12.2 Å². The molecule has 0 unspecified atom stereocenters. The highest BCUT2D eigenvalue weighted by Crippen LogP contribution is 2.23. The van der Waals surface area contributed by atoms with Crippen LogP contribution in [0.1, 0.15) is 29.9 Å². The first kappa shape index (κ1) is 15.8. The number of nitrogens with one attached hydrogen (secondary N) is 1. The molecular formula is C16H20N4O2. The molecule has 1 aliphatic heterocycles. The zero-order valence-electron chi connectivity index (χ0n) is 12.8. The monoisotopic (exact) mass is 300 g/mol. The van der Waals surface area contributed by atoms with Crippen LogP contribution in [0.25, 0.3) is 5.70 Å². The van der Waals surface area contributed by atoms with Crippen LogP contribution in [0.4, 0.5) is 0 Å². The van der Waals surface area contributed by atoms with Crippen LogP contribution in [-0.2, 0) is 4.79 Å². The second kappa shape index (κ2) is 6.89. The molecule has 2 rings (SSSR count). The number of likely N-dealkylation sites (N-methyl/N-ethyl adjacent to an activating group) is 1. The lowest BCUT2D eigenvalue weighted by Gasteiger charge is -2.28. The fourth-order valence-corrected chi connectivity index (χ4v) is 2.29. The molecule has 0 aliphatic carbocycles. The van der Waals surface area contributed by atoms with Gasteiger partial charge in [-0.3, -0.25) is 14.6 Å². The van der Waals surface area contributed by atoms with Crippen LogP contribution in [0.3, 0.4) is 0 Å². The van der Waals surface area contributed by atoms with Gasteiger partial charge in [0, 0.05) is 37.0 Å². The van der Waals surface area contributed by atoms with Crippen molar-refractivity contribution in [2.45, 2.75) is 13.8 Å². The Kier molecular flexibility index (Phi) is 4.93. The summed E-state index contributed by atoms with van der Waals surface area (Å²) in [7, 11) is 0. The van der Waals surface area contributed by atoms with Crippen molar-refractivity contribution < 1.29 is 9.59 Å². The topological polar surface area (TPSA) is 88.3 Å². The number of carbonyl (C=O) groups is 2. The van der Waals surface area contributed by atoms with Crippen LogP contribution in [0.15, 0.2) is 36.1 Å². The van der Waals surface area contributed by atoms with Crippen molar-refractivity contribution >= 4 is 17.5 Å². The van der Waals surface area contributed by atoms with Crippen LogP contribution >= 0.6 is 0 Å². The molecule has 1 aromatic rings. The van der Waals surface area contributed by atoms with Crippen molar-refractivity contribution in [3.8, 4) is 0 Å². The average Bonchev–Trinajstić information content (AvgIpc) is 2.54. The summed E-state index contributed by atoms with van der Waals surface area (Å²) in [6, 6.07) is 3.39. The number of rotatable bonds is 5. The Hall–Kier alpha value is -2.63. The molecule has 1 aromatic heterocycles. The van der Waals surface area contributed by atoms with Gasteiger partial charge in [-0.25, -0.2) is 0 Å². The summed E-state index contributed by atoms with van der Waals surface area (Å²) >= 11 is 0. The molecule has 2 amide bonds. The van der Waals surface area contributed by atoms with Gasteiger partial charge in [-0.1, -0.05) is 6.08 Å². The number of primary amides is 1. The second-order valence-electron chi connectivity index (χ2n) is 4.88. The van der Waals surface area contributed by atoms with E-state index in [0.29, 0.717) is 29.9 Å². The van der Waals surface area contributed by atoms with Gasteiger partial charge in [0.15, 0.2) is 0 Å². The summed E-state index contributed by atoms with van der Waals surface area (Å²) in [6.07, 6.45) is 5.11. The van der Waals surface area contributed by atoms with E-state index in [1.54, 1.807) is 30.5 Å². The number of hydrogen-bond donors (Lipinski definition) is 2. The van der Waals surface area contributed by atoms with E-state index in [-0.39, 0.29) is 5.91 Å². The Bertz CT molecular complexity index is 649. The maximum Gasteiger partial charge on any atom is 0.251 e. The Balaban J connectivity index is 2.39. The molecule has 0 aromatic carbocycles. The molecule has 0 atom stereocenters. The van der Waals surface area contributed by atoms with Gasteiger partial charge < -0.3 is 16.0 Å². The predicted octanol–water partition coefficient (Wildman–Crippen LogP) is 0.919. The smallest absolute Gasteiger partial charge is 0.251 e. The molecule has 0 radical (unpaired) electrons. The Morgan fingerprint density at radius 1 is 1.41 bits per heavy atom. The molecule has 2 heterocycles. The minimum atomic E-state index is -0.465. The van der Waals surface area contributed by atoms with Crippen LogP contribution < -0.4 is 11.1 Å². The summed E-state index contributed by atoms with van der Waals surface area (Å²) < 4.78 is 0. The van der Waals surface area contributed by atoms with Crippen LogP contribution in [0, 0.1) is 0 Å². The van der Waals surface area contributed by atoms with E-state index in [2.05, 4.69) is 15.2 Å². The first-order chi connectivity index (χ1) is 10.6. The normalized spacial score (nSPS) is 14.2. The zero-order valence-corrected chi connectivity index (χ0v) is 12.8. The van der Waals surface area contributed by atoms with Gasteiger partial charge >= 0.3 is 0 Å². The van der Waals surface area contributed by atoms with Crippen molar-refractivity contribution in [1.29, 1.82) is 0 Å². The van der Waals surface area contributed by atoms with Crippen molar-refractivity contribution in [2.75, 3.05) is 19.6 Å². The van der Waals surface area contributed by atoms with Gasteiger partial charge in [0.1, 0.15) is 0 Å². The maximum absolute atomic E-state index is 11.9. The highest BCUT2D eigenvalue weighted by atomic mass is 16.2. The highest BCUT2D eigenvalue weighted by molar-refractivity contribution is 5.98. The lowest BCUT2D eigenvalue weighted by molar-refractivity contribution is -0.114. The molecule has 0 bridgehead atoms. The van der Waals surface area contributed by atoms with Crippen LogP contribution in [-0.4, -0.2) is 41.3 Å². The summed E-state index contributed by atoms with van der Waals surface area (Å²) in [5.41, 5.74) is 7.81. The third kappa shape index (κ3) is 3.33. The van der Waals surface area contributed by atoms with Crippen molar-refractivity contribution in [2.24, 2.45) is 5.73 Å². The lowest BCUT2D eigenvalue weighted by Crippen LogP contribution is -2.28. The summed E-state index contributed by atoms with van der Waals surface area (Å²) in [5.74, 6) is -0.607. The minimum absolute atomic E-state index is 0.142. The third-order valence-corrected chi connectivity index (χ3v) is 3.45. The highest BCUT2D eigenvalue weighted by Gasteiger charge is 2.18. The number of pyridine rings is 1.